The van der Waals surface area contributed by atoms with Gasteiger partial charge in [-0.05, 0) is 61.5 Å². The van der Waals surface area contributed by atoms with E-state index in [4.69, 9.17) is 21.1 Å². The van der Waals surface area contributed by atoms with Gasteiger partial charge in [0.05, 0.1) is 28.8 Å². The van der Waals surface area contributed by atoms with Gasteiger partial charge in [-0.3, -0.25) is 19.3 Å². The Bertz CT molecular complexity index is 1140. The maximum absolute atomic E-state index is 13.7. The van der Waals surface area contributed by atoms with Crippen molar-refractivity contribution in [3.63, 3.8) is 0 Å². The van der Waals surface area contributed by atoms with Crippen molar-refractivity contribution in [3.8, 4) is 11.5 Å². The van der Waals surface area contributed by atoms with Crippen molar-refractivity contribution in [1.29, 1.82) is 0 Å². The van der Waals surface area contributed by atoms with E-state index in [1.165, 1.54) is 6.08 Å². The summed E-state index contributed by atoms with van der Waals surface area (Å²) in [6.07, 6.45) is 1.45. The average molecular weight is 497 g/mol. The first-order valence-electron chi connectivity index (χ1n) is 9.82. The van der Waals surface area contributed by atoms with Crippen LogP contribution in [0.1, 0.15) is 19.4 Å². The third-order valence-electron chi connectivity index (χ3n) is 4.30. The molecule has 0 bridgehead atoms. The Morgan fingerprint density at radius 3 is 2.55 bits per heavy atom. The zero-order valence-corrected chi connectivity index (χ0v) is 19.2. The number of carbonyl (C=O) groups is 3. The van der Waals surface area contributed by atoms with Crippen molar-refractivity contribution in [2.75, 3.05) is 25.1 Å². The zero-order chi connectivity index (χ0) is 24.1. The van der Waals surface area contributed by atoms with Gasteiger partial charge in [0, 0.05) is 6.07 Å². The molecule has 0 spiro atoms. The number of imide groups is 1. The molecule has 1 aliphatic rings. The lowest BCUT2D eigenvalue weighted by molar-refractivity contribution is -0.127. The van der Waals surface area contributed by atoms with Crippen molar-refractivity contribution in [2.45, 2.75) is 13.8 Å². The third-order valence-corrected chi connectivity index (χ3v) is 5.49. The number of ether oxygens (including phenoxy) is 2. The van der Waals surface area contributed by atoms with Gasteiger partial charge < -0.3 is 14.8 Å². The van der Waals surface area contributed by atoms with Gasteiger partial charge in [0.2, 0.25) is 5.91 Å². The fourth-order valence-corrected chi connectivity index (χ4v) is 4.04. The highest BCUT2D eigenvalue weighted by Gasteiger charge is 2.36. The summed E-state index contributed by atoms with van der Waals surface area (Å²) in [5.74, 6) is -2.53. The number of benzene rings is 2. The molecule has 0 unspecified atom stereocenters. The summed E-state index contributed by atoms with van der Waals surface area (Å²) in [4.78, 5) is 38.1. The molecule has 0 radical (unpaired) electrons. The maximum atomic E-state index is 13.7. The van der Waals surface area contributed by atoms with E-state index in [1.807, 2.05) is 0 Å². The molecule has 1 heterocycles. The van der Waals surface area contributed by atoms with Crippen LogP contribution in [0.2, 0.25) is 5.02 Å². The first-order chi connectivity index (χ1) is 15.7. The number of rotatable bonds is 8. The number of amides is 3. The van der Waals surface area contributed by atoms with Crippen molar-refractivity contribution in [1.82, 2.24) is 4.90 Å². The standard InChI is InChI=1S/C22H19ClF2N2O5S/c1-3-31-17-8-12(7-14(23)20(17)32-4-2)9-18-21(29)27(22(30)33-18)11-19(28)26-16-6-5-13(24)10-15(16)25/h5-10H,3-4,11H2,1-2H3,(H,26,28). The Hall–Kier alpha value is -3.11. The van der Waals surface area contributed by atoms with Gasteiger partial charge in [-0.25, -0.2) is 8.78 Å². The van der Waals surface area contributed by atoms with Crippen LogP contribution in [0.4, 0.5) is 19.3 Å². The molecule has 2 aromatic carbocycles. The Morgan fingerprint density at radius 1 is 1.15 bits per heavy atom. The highest BCUT2D eigenvalue weighted by Crippen LogP contribution is 2.39. The molecule has 1 saturated heterocycles. The average Bonchev–Trinajstić information content (AvgIpc) is 3.00. The molecule has 3 rings (SSSR count). The van der Waals surface area contributed by atoms with Crippen LogP contribution in [0.15, 0.2) is 35.2 Å². The van der Waals surface area contributed by atoms with Crippen molar-refractivity contribution in [2.24, 2.45) is 0 Å². The van der Waals surface area contributed by atoms with Crippen LogP contribution in [0.3, 0.4) is 0 Å². The van der Waals surface area contributed by atoms with Crippen LogP contribution in [0, 0.1) is 11.6 Å². The van der Waals surface area contributed by atoms with Crippen LogP contribution in [-0.2, 0) is 9.59 Å². The summed E-state index contributed by atoms with van der Waals surface area (Å²) in [5, 5.41) is 1.82. The second-order valence-corrected chi connectivity index (χ2v) is 8.04. The van der Waals surface area contributed by atoms with Gasteiger partial charge in [-0.15, -0.1) is 0 Å². The van der Waals surface area contributed by atoms with E-state index in [-0.39, 0.29) is 15.6 Å². The number of thioether (sulfide) groups is 1. The molecule has 0 aromatic heterocycles. The lowest BCUT2D eigenvalue weighted by atomic mass is 10.1. The fourth-order valence-electron chi connectivity index (χ4n) is 2.93. The second kappa shape index (κ2) is 10.7. The fraction of sp³-hybridized carbons (Fsp3) is 0.227. The van der Waals surface area contributed by atoms with Crippen LogP contribution < -0.4 is 14.8 Å². The van der Waals surface area contributed by atoms with Gasteiger partial charge in [0.1, 0.15) is 18.2 Å². The molecule has 0 saturated carbocycles. The van der Waals surface area contributed by atoms with Crippen molar-refractivity contribution >= 4 is 52.2 Å². The molecule has 1 N–H and O–H groups in total. The Labute approximate surface area is 197 Å². The highest BCUT2D eigenvalue weighted by atomic mass is 35.5. The first kappa shape index (κ1) is 24.5. The number of hydrogen-bond acceptors (Lipinski definition) is 6. The lowest BCUT2D eigenvalue weighted by Gasteiger charge is -2.14. The number of nitrogens with zero attached hydrogens (tertiary/aromatic N) is 1. The summed E-state index contributed by atoms with van der Waals surface area (Å²) in [6.45, 7) is 3.70. The molecule has 174 valence electrons. The van der Waals surface area contributed by atoms with Gasteiger partial charge in [-0.1, -0.05) is 11.6 Å². The molecule has 1 fully saturated rings. The topological polar surface area (TPSA) is 84.9 Å². The predicted molar refractivity (Wildman–Crippen MR) is 121 cm³/mol. The van der Waals surface area contributed by atoms with Crippen LogP contribution in [-0.4, -0.2) is 41.7 Å². The predicted octanol–water partition coefficient (Wildman–Crippen LogP) is 5.09. The van der Waals surface area contributed by atoms with E-state index in [0.29, 0.717) is 48.1 Å². The molecule has 1 aliphatic heterocycles. The number of nitrogens with one attached hydrogen (secondary N) is 1. The summed E-state index contributed by atoms with van der Waals surface area (Å²) in [7, 11) is 0. The lowest BCUT2D eigenvalue weighted by Crippen LogP contribution is -2.36. The SMILES string of the molecule is CCOc1cc(C=C2SC(=O)N(CC(=O)Nc3ccc(F)cc3F)C2=O)cc(Cl)c1OCC. The van der Waals surface area contributed by atoms with E-state index < -0.39 is 35.2 Å². The number of carbonyl (C=O) groups excluding carboxylic acids is 3. The Morgan fingerprint density at radius 2 is 1.88 bits per heavy atom. The molecule has 7 nitrogen and oxygen atoms in total. The number of anilines is 1. The van der Waals surface area contributed by atoms with Crippen molar-refractivity contribution in [3.05, 3.63) is 57.5 Å². The van der Waals surface area contributed by atoms with Crippen molar-refractivity contribution < 1.29 is 32.6 Å². The molecule has 33 heavy (non-hydrogen) atoms. The maximum Gasteiger partial charge on any atom is 0.294 e. The zero-order valence-electron chi connectivity index (χ0n) is 17.6. The molecule has 0 atom stereocenters. The van der Waals surface area contributed by atoms with Crippen LogP contribution in [0.25, 0.3) is 6.08 Å². The molecular weight excluding hydrogens is 478 g/mol. The van der Waals surface area contributed by atoms with Crippen LogP contribution in [0.5, 0.6) is 11.5 Å². The van der Waals surface area contributed by atoms with Gasteiger partial charge in [0.15, 0.2) is 11.5 Å². The minimum atomic E-state index is -0.977. The minimum Gasteiger partial charge on any atom is -0.490 e. The Balaban J connectivity index is 1.77. The highest BCUT2D eigenvalue weighted by molar-refractivity contribution is 8.18. The number of halogens is 3. The van der Waals surface area contributed by atoms with Gasteiger partial charge >= 0.3 is 0 Å². The Kier molecular flexibility index (Phi) is 7.93. The number of hydrogen-bond donors (Lipinski definition) is 1. The largest absolute Gasteiger partial charge is 0.490 e. The molecular formula is C22H19ClF2N2O5S. The van der Waals surface area contributed by atoms with E-state index in [2.05, 4.69) is 5.32 Å². The summed E-state index contributed by atoms with van der Waals surface area (Å²) in [5.41, 5.74) is 0.228. The molecule has 2 aromatic rings. The summed E-state index contributed by atoms with van der Waals surface area (Å²) in [6, 6.07) is 5.81. The van der Waals surface area contributed by atoms with E-state index >= 15 is 0 Å². The monoisotopic (exact) mass is 496 g/mol. The van der Waals surface area contributed by atoms with Gasteiger partial charge in [-0.2, -0.15) is 0 Å². The minimum absolute atomic E-state index is 0.0726. The van der Waals surface area contributed by atoms with E-state index in [0.717, 1.165) is 17.0 Å². The van der Waals surface area contributed by atoms with E-state index in [1.54, 1.807) is 26.0 Å². The smallest absolute Gasteiger partial charge is 0.294 e. The third kappa shape index (κ3) is 5.82. The molecule has 11 heteroatoms. The molecule has 3 amide bonds. The molecule has 0 aliphatic carbocycles. The summed E-state index contributed by atoms with van der Waals surface area (Å²) >= 11 is 6.94. The first-order valence-corrected chi connectivity index (χ1v) is 11.0. The van der Waals surface area contributed by atoms with E-state index in [9.17, 15) is 23.2 Å². The second-order valence-electron chi connectivity index (χ2n) is 6.64. The van der Waals surface area contributed by atoms with Gasteiger partial charge in [0.25, 0.3) is 11.1 Å². The van der Waals surface area contributed by atoms with Crippen LogP contribution >= 0.6 is 23.4 Å². The quantitative estimate of drug-likeness (QED) is 0.512. The summed E-state index contributed by atoms with van der Waals surface area (Å²) < 4.78 is 37.8. The normalized spacial score (nSPS) is 14.7.